The minimum Gasteiger partial charge on any atom is -0.349 e. The molecule has 98 valence electrons. The number of piperidine rings is 1. The van der Waals surface area contributed by atoms with Crippen LogP contribution in [-0.4, -0.2) is 42.0 Å². The lowest BCUT2D eigenvalue weighted by molar-refractivity contribution is 0.0883. The summed E-state index contributed by atoms with van der Waals surface area (Å²) >= 11 is 0. The van der Waals surface area contributed by atoms with Crippen molar-refractivity contribution in [3.63, 3.8) is 0 Å². The zero-order valence-corrected chi connectivity index (χ0v) is 10.7. The van der Waals surface area contributed by atoms with Gasteiger partial charge in [0.15, 0.2) is 0 Å². The number of nitrogens with zero attached hydrogens (tertiary/aromatic N) is 2. The zero-order valence-electron chi connectivity index (χ0n) is 10.7. The van der Waals surface area contributed by atoms with Gasteiger partial charge in [0.2, 0.25) is 5.95 Å². The molecule has 1 aliphatic rings. The lowest BCUT2D eigenvalue weighted by Crippen LogP contribution is -2.48. The molecular formula is C13H18FN3O. The molecule has 5 heteroatoms. The Labute approximate surface area is 106 Å². The molecule has 1 aromatic rings. The van der Waals surface area contributed by atoms with E-state index >= 15 is 0 Å². The maximum Gasteiger partial charge on any atom is 0.253 e. The van der Waals surface area contributed by atoms with Gasteiger partial charge in [-0.3, -0.25) is 4.79 Å². The van der Waals surface area contributed by atoms with Crippen LogP contribution in [0.4, 0.5) is 4.39 Å². The number of halogens is 1. The third-order valence-corrected chi connectivity index (χ3v) is 3.41. The molecule has 2 rings (SSSR count). The van der Waals surface area contributed by atoms with E-state index in [1.54, 1.807) is 0 Å². The van der Waals surface area contributed by atoms with E-state index in [9.17, 15) is 9.18 Å². The van der Waals surface area contributed by atoms with Gasteiger partial charge in [-0.15, -0.1) is 0 Å². The Morgan fingerprint density at radius 2 is 2.33 bits per heavy atom. The Balaban J connectivity index is 1.97. The monoisotopic (exact) mass is 251 g/mol. The van der Waals surface area contributed by atoms with Crippen LogP contribution in [0.5, 0.6) is 0 Å². The van der Waals surface area contributed by atoms with Crippen LogP contribution in [0.25, 0.3) is 0 Å². The molecule has 0 saturated carbocycles. The van der Waals surface area contributed by atoms with Gasteiger partial charge in [-0.2, -0.15) is 4.39 Å². The van der Waals surface area contributed by atoms with E-state index in [-0.39, 0.29) is 11.9 Å². The molecular weight excluding hydrogens is 233 g/mol. The summed E-state index contributed by atoms with van der Waals surface area (Å²) < 4.78 is 12.7. The van der Waals surface area contributed by atoms with Crippen LogP contribution < -0.4 is 5.32 Å². The van der Waals surface area contributed by atoms with Crippen molar-refractivity contribution < 1.29 is 9.18 Å². The summed E-state index contributed by atoms with van der Waals surface area (Å²) in [6.45, 7) is 4.09. The molecule has 0 spiro atoms. The smallest absolute Gasteiger partial charge is 0.253 e. The molecule has 1 amide bonds. The van der Waals surface area contributed by atoms with Gasteiger partial charge in [-0.25, -0.2) is 4.98 Å². The predicted molar refractivity (Wildman–Crippen MR) is 66.7 cm³/mol. The quantitative estimate of drug-likeness (QED) is 0.806. The third kappa shape index (κ3) is 3.04. The summed E-state index contributed by atoms with van der Waals surface area (Å²) in [4.78, 5) is 17.7. The maximum atomic E-state index is 12.7. The van der Waals surface area contributed by atoms with Gasteiger partial charge in [0.1, 0.15) is 0 Å². The van der Waals surface area contributed by atoms with E-state index in [4.69, 9.17) is 0 Å². The molecule has 18 heavy (non-hydrogen) atoms. The molecule has 1 fully saturated rings. The minimum absolute atomic E-state index is 0.177. The number of amides is 1. The average Bonchev–Trinajstić information content (AvgIpc) is 2.33. The Kier molecular flexibility index (Phi) is 3.91. The van der Waals surface area contributed by atoms with Crippen molar-refractivity contribution in [2.75, 3.05) is 20.1 Å². The molecule has 0 radical (unpaired) electrons. The Morgan fingerprint density at radius 1 is 1.56 bits per heavy atom. The molecule has 1 saturated heterocycles. The normalized spacial score (nSPS) is 24.8. The van der Waals surface area contributed by atoms with E-state index in [0.29, 0.717) is 11.5 Å². The highest BCUT2D eigenvalue weighted by molar-refractivity contribution is 5.94. The fourth-order valence-corrected chi connectivity index (χ4v) is 2.33. The molecule has 2 heterocycles. The van der Waals surface area contributed by atoms with E-state index in [1.807, 2.05) is 0 Å². The van der Waals surface area contributed by atoms with Gasteiger partial charge in [0, 0.05) is 18.8 Å². The number of hydrogen-bond donors (Lipinski definition) is 1. The Morgan fingerprint density at radius 3 is 2.94 bits per heavy atom. The summed E-state index contributed by atoms with van der Waals surface area (Å²) in [5.41, 5.74) is 0.405. The largest absolute Gasteiger partial charge is 0.349 e. The molecule has 1 aliphatic heterocycles. The number of aromatic nitrogens is 1. The SMILES string of the molecule is CC1CN(C)CCC1NC(=O)c1ccc(F)nc1. The topological polar surface area (TPSA) is 45.2 Å². The summed E-state index contributed by atoms with van der Waals surface area (Å²) in [5.74, 6) is -0.329. The summed E-state index contributed by atoms with van der Waals surface area (Å²) in [5, 5.41) is 3.00. The van der Waals surface area contributed by atoms with Crippen molar-refractivity contribution in [2.45, 2.75) is 19.4 Å². The number of pyridine rings is 1. The van der Waals surface area contributed by atoms with Crippen molar-refractivity contribution >= 4 is 5.91 Å². The molecule has 2 atom stereocenters. The van der Waals surface area contributed by atoms with Crippen LogP contribution in [0, 0.1) is 11.9 Å². The molecule has 4 nitrogen and oxygen atoms in total. The number of rotatable bonds is 2. The molecule has 0 aromatic carbocycles. The fourth-order valence-electron chi connectivity index (χ4n) is 2.33. The first kappa shape index (κ1) is 13.0. The van der Waals surface area contributed by atoms with Crippen LogP contribution >= 0.6 is 0 Å². The number of carbonyl (C=O) groups is 1. The van der Waals surface area contributed by atoms with Gasteiger partial charge in [0.25, 0.3) is 5.91 Å². The van der Waals surface area contributed by atoms with Gasteiger partial charge in [-0.1, -0.05) is 6.92 Å². The van der Waals surface area contributed by atoms with Crippen LogP contribution in [0.15, 0.2) is 18.3 Å². The van der Waals surface area contributed by atoms with Crippen molar-refractivity contribution in [3.8, 4) is 0 Å². The van der Waals surface area contributed by atoms with Crippen LogP contribution in [0.2, 0.25) is 0 Å². The van der Waals surface area contributed by atoms with Crippen molar-refractivity contribution in [1.29, 1.82) is 0 Å². The number of hydrogen-bond acceptors (Lipinski definition) is 3. The van der Waals surface area contributed by atoms with Crippen molar-refractivity contribution in [3.05, 3.63) is 29.8 Å². The van der Waals surface area contributed by atoms with Gasteiger partial charge in [0.05, 0.1) is 5.56 Å². The first-order valence-corrected chi connectivity index (χ1v) is 6.17. The fraction of sp³-hybridized carbons (Fsp3) is 0.538. The van der Waals surface area contributed by atoms with E-state index in [1.165, 1.54) is 18.3 Å². The van der Waals surface area contributed by atoms with E-state index in [2.05, 4.69) is 29.2 Å². The Bertz CT molecular complexity index is 421. The summed E-state index contributed by atoms with van der Waals surface area (Å²) in [6, 6.07) is 2.84. The Hall–Kier alpha value is -1.49. The average molecular weight is 251 g/mol. The predicted octanol–water partition coefficient (Wildman–Crippen LogP) is 1.29. The maximum absolute atomic E-state index is 12.7. The standard InChI is InChI=1S/C13H18FN3O/c1-9-8-17(2)6-5-11(9)16-13(18)10-3-4-12(14)15-7-10/h3-4,7,9,11H,5-6,8H2,1-2H3,(H,16,18). The highest BCUT2D eigenvalue weighted by atomic mass is 19.1. The summed E-state index contributed by atoms with van der Waals surface area (Å²) in [7, 11) is 2.08. The van der Waals surface area contributed by atoms with E-state index in [0.717, 1.165) is 19.5 Å². The van der Waals surface area contributed by atoms with Crippen molar-refractivity contribution in [1.82, 2.24) is 15.2 Å². The lowest BCUT2D eigenvalue weighted by Gasteiger charge is -2.35. The third-order valence-electron chi connectivity index (χ3n) is 3.41. The number of nitrogens with one attached hydrogen (secondary N) is 1. The van der Waals surface area contributed by atoms with Gasteiger partial charge < -0.3 is 10.2 Å². The first-order valence-electron chi connectivity index (χ1n) is 6.17. The highest BCUT2D eigenvalue weighted by Crippen LogP contribution is 2.15. The van der Waals surface area contributed by atoms with Crippen LogP contribution in [0.3, 0.4) is 0 Å². The van der Waals surface area contributed by atoms with Gasteiger partial charge >= 0.3 is 0 Å². The second kappa shape index (κ2) is 5.44. The number of carbonyl (C=O) groups excluding carboxylic acids is 1. The molecule has 1 aromatic heterocycles. The minimum atomic E-state index is -0.570. The molecule has 0 aliphatic carbocycles. The van der Waals surface area contributed by atoms with Gasteiger partial charge in [-0.05, 0) is 38.1 Å². The highest BCUT2D eigenvalue weighted by Gasteiger charge is 2.25. The zero-order chi connectivity index (χ0) is 13.1. The van der Waals surface area contributed by atoms with E-state index < -0.39 is 5.95 Å². The first-order chi connectivity index (χ1) is 8.56. The second-order valence-corrected chi connectivity index (χ2v) is 4.98. The van der Waals surface area contributed by atoms with Crippen molar-refractivity contribution in [2.24, 2.45) is 5.92 Å². The van der Waals surface area contributed by atoms with Crippen LogP contribution in [-0.2, 0) is 0 Å². The molecule has 1 N–H and O–H groups in total. The summed E-state index contributed by atoms with van der Waals surface area (Å²) in [6.07, 6.45) is 2.21. The van der Waals surface area contributed by atoms with Crippen LogP contribution in [0.1, 0.15) is 23.7 Å². The second-order valence-electron chi connectivity index (χ2n) is 4.98. The number of likely N-dealkylation sites (tertiary alicyclic amines) is 1. The molecule has 0 bridgehead atoms. The molecule has 2 unspecified atom stereocenters. The lowest BCUT2D eigenvalue weighted by atomic mass is 9.94.